The van der Waals surface area contributed by atoms with Crippen LogP contribution in [0.3, 0.4) is 0 Å². The van der Waals surface area contributed by atoms with Gasteiger partial charge in [-0.15, -0.1) is 5.10 Å². The number of aromatic hydroxyl groups is 1. The lowest BCUT2D eigenvalue weighted by molar-refractivity contribution is -0.122. The van der Waals surface area contributed by atoms with E-state index in [1.54, 1.807) is 48.7 Å². The van der Waals surface area contributed by atoms with Gasteiger partial charge in [-0.1, -0.05) is 39.7 Å². The number of hydrogen-bond donors (Lipinski definition) is 1. The number of halogens is 3. The first-order chi connectivity index (χ1) is 15.4. The molecule has 1 aromatic heterocycles. The maximum absolute atomic E-state index is 13.1. The summed E-state index contributed by atoms with van der Waals surface area (Å²) in [5.74, 6) is 0.461. The monoisotopic (exact) mass is 593 g/mol. The lowest BCUT2D eigenvalue weighted by Crippen LogP contribution is -2.28. The first-order valence-electron chi connectivity index (χ1n) is 9.19. The first-order valence-corrected chi connectivity index (χ1v) is 12.0. The number of nitrogens with zero attached hydrogens (tertiary/aromatic N) is 3. The van der Waals surface area contributed by atoms with Gasteiger partial charge in [0.05, 0.1) is 28.4 Å². The van der Waals surface area contributed by atoms with Gasteiger partial charge < -0.3 is 9.52 Å². The van der Waals surface area contributed by atoms with E-state index < -0.39 is 0 Å². The number of benzene rings is 2. The van der Waals surface area contributed by atoms with Gasteiger partial charge in [0.1, 0.15) is 11.5 Å². The summed E-state index contributed by atoms with van der Waals surface area (Å²) in [5.41, 5.74) is 1.32. The van der Waals surface area contributed by atoms with E-state index in [0.29, 0.717) is 30.9 Å². The molecule has 10 heteroatoms. The number of hydrogen-bond acceptors (Lipinski definition) is 6. The predicted octanol–water partition coefficient (Wildman–Crippen LogP) is 6.67. The van der Waals surface area contributed by atoms with Crippen LogP contribution in [0.25, 0.3) is 6.08 Å². The van der Waals surface area contributed by atoms with Crippen molar-refractivity contribution in [2.24, 2.45) is 10.2 Å². The van der Waals surface area contributed by atoms with Crippen molar-refractivity contribution < 1.29 is 14.3 Å². The Hall–Kier alpha value is -2.33. The number of amides is 1. The summed E-state index contributed by atoms with van der Waals surface area (Å²) in [6, 6.07) is 14.2. The number of thioether (sulfide) groups is 1. The molecule has 6 nitrogen and oxygen atoms in total. The molecule has 4 rings (SSSR count). The Kier molecular flexibility index (Phi) is 7.20. The molecule has 3 aromatic rings. The molecule has 1 saturated heterocycles. The fraction of sp³-hybridized carbons (Fsp3) is 0.0455. The third-order valence-corrected chi connectivity index (χ3v) is 6.66. The molecule has 162 valence electrons. The highest BCUT2D eigenvalue weighted by atomic mass is 79.9. The Morgan fingerprint density at radius 1 is 1.19 bits per heavy atom. The van der Waals surface area contributed by atoms with Gasteiger partial charge in [-0.2, -0.15) is 5.10 Å². The van der Waals surface area contributed by atoms with Gasteiger partial charge in [0.15, 0.2) is 5.17 Å². The van der Waals surface area contributed by atoms with E-state index in [4.69, 9.17) is 16.0 Å². The fourth-order valence-electron chi connectivity index (χ4n) is 2.82. The summed E-state index contributed by atoms with van der Waals surface area (Å²) < 4.78 is 6.70. The van der Waals surface area contributed by atoms with E-state index in [2.05, 4.69) is 42.1 Å². The molecule has 2 aromatic carbocycles. The zero-order valence-corrected chi connectivity index (χ0v) is 20.9. The average molecular weight is 596 g/mol. The lowest BCUT2D eigenvalue weighted by Gasteiger charge is -2.12. The number of amidine groups is 1. The summed E-state index contributed by atoms with van der Waals surface area (Å²) in [6.45, 7) is 0.221. The number of phenolic OH excluding ortho intramolecular Hbond substituents is 1. The second-order valence-corrected chi connectivity index (χ2v) is 9.80. The smallest absolute Gasteiger partial charge is 0.267 e. The minimum atomic E-state index is -0.205. The van der Waals surface area contributed by atoms with Crippen molar-refractivity contribution in [1.29, 1.82) is 0 Å². The van der Waals surface area contributed by atoms with E-state index in [0.717, 1.165) is 10.0 Å². The minimum Gasteiger partial charge on any atom is -0.506 e. The van der Waals surface area contributed by atoms with Crippen molar-refractivity contribution in [3.05, 3.63) is 90.6 Å². The van der Waals surface area contributed by atoms with Gasteiger partial charge in [0.2, 0.25) is 0 Å². The van der Waals surface area contributed by atoms with Crippen LogP contribution in [0.15, 0.2) is 83.3 Å². The van der Waals surface area contributed by atoms with Gasteiger partial charge in [-0.05, 0) is 75.7 Å². The zero-order chi connectivity index (χ0) is 22.7. The van der Waals surface area contributed by atoms with Crippen molar-refractivity contribution in [2.75, 3.05) is 0 Å². The van der Waals surface area contributed by atoms with Crippen molar-refractivity contribution in [1.82, 2.24) is 4.90 Å². The number of furan rings is 1. The summed E-state index contributed by atoms with van der Waals surface area (Å²) in [5, 5.41) is 19.6. The maximum atomic E-state index is 13.1. The highest BCUT2D eigenvalue weighted by Gasteiger charge is 2.34. The Morgan fingerprint density at radius 3 is 2.69 bits per heavy atom. The second-order valence-electron chi connectivity index (χ2n) is 6.59. The summed E-state index contributed by atoms with van der Waals surface area (Å²) in [7, 11) is 0. The number of phenols is 1. The third kappa shape index (κ3) is 5.35. The van der Waals surface area contributed by atoms with Crippen molar-refractivity contribution in [3.8, 4) is 5.75 Å². The SMILES string of the molecule is O=C1/C(=C/c2ccc(Cl)cc2)S/C(=N\N=C\c2cc(Br)cc(Br)c2O)N1Cc1ccco1. The Balaban J connectivity index is 1.64. The fourth-order valence-corrected chi connectivity index (χ4v) is 5.13. The molecule has 0 saturated carbocycles. The summed E-state index contributed by atoms with van der Waals surface area (Å²) in [4.78, 5) is 15.1. The van der Waals surface area contributed by atoms with Crippen molar-refractivity contribution in [3.63, 3.8) is 0 Å². The summed E-state index contributed by atoms with van der Waals surface area (Å²) >= 11 is 13.8. The van der Waals surface area contributed by atoms with Crippen molar-refractivity contribution in [2.45, 2.75) is 6.54 Å². The topological polar surface area (TPSA) is 78.4 Å². The normalized spacial score (nSPS) is 16.7. The van der Waals surface area contributed by atoms with Crippen LogP contribution in [0.2, 0.25) is 5.02 Å². The average Bonchev–Trinajstić information content (AvgIpc) is 3.37. The van der Waals surface area contributed by atoms with E-state index in [-0.39, 0.29) is 18.2 Å². The Labute approximate surface area is 209 Å². The van der Waals surface area contributed by atoms with E-state index in [1.807, 2.05) is 12.1 Å². The molecule has 1 aliphatic heterocycles. The molecule has 32 heavy (non-hydrogen) atoms. The number of carbonyl (C=O) groups is 1. The molecule has 1 aliphatic rings. The molecule has 0 aliphatic carbocycles. The maximum Gasteiger partial charge on any atom is 0.267 e. The molecule has 0 spiro atoms. The first kappa shape index (κ1) is 22.8. The van der Waals surface area contributed by atoms with Gasteiger partial charge in [0, 0.05) is 15.1 Å². The minimum absolute atomic E-state index is 0.0445. The van der Waals surface area contributed by atoms with Crippen LogP contribution < -0.4 is 0 Å². The van der Waals surface area contributed by atoms with Gasteiger partial charge in [-0.25, -0.2) is 0 Å². The molecule has 0 bridgehead atoms. The molecule has 1 amide bonds. The zero-order valence-electron chi connectivity index (χ0n) is 16.2. The molecular weight excluding hydrogens is 582 g/mol. The van der Waals surface area contributed by atoms with Crippen LogP contribution in [-0.2, 0) is 11.3 Å². The van der Waals surface area contributed by atoms with Crippen molar-refractivity contribution >= 4 is 78.6 Å². The second kappa shape index (κ2) is 10.1. The highest BCUT2D eigenvalue weighted by Crippen LogP contribution is 2.34. The van der Waals surface area contributed by atoms with Crippen LogP contribution in [0.4, 0.5) is 0 Å². The highest BCUT2D eigenvalue weighted by molar-refractivity contribution is 9.11. The van der Waals surface area contributed by atoms with E-state index >= 15 is 0 Å². The third-order valence-electron chi connectivity index (χ3n) is 4.35. The van der Waals surface area contributed by atoms with Gasteiger partial charge in [0.25, 0.3) is 5.91 Å². The van der Waals surface area contributed by atoms with Gasteiger partial charge >= 0.3 is 0 Å². The van der Waals surface area contributed by atoms with Crippen LogP contribution in [0.1, 0.15) is 16.9 Å². The van der Waals surface area contributed by atoms with Crippen LogP contribution in [0.5, 0.6) is 5.75 Å². The van der Waals surface area contributed by atoms with E-state index in [1.165, 1.54) is 22.9 Å². The van der Waals surface area contributed by atoms with Crippen LogP contribution >= 0.6 is 55.2 Å². The molecule has 0 atom stereocenters. The molecule has 0 radical (unpaired) electrons. The Bertz CT molecular complexity index is 1240. The van der Waals surface area contributed by atoms with E-state index in [9.17, 15) is 9.90 Å². The Morgan fingerprint density at radius 2 is 1.97 bits per heavy atom. The standard InChI is InChI=1S/C22H14Br2ClN3O3S/c23-15-9-14(20(29)18(24)10-15)11-26-27-22-28(12-17-2-1-7-31-17)21(30)19(32-22)8-13-3-5-16(25)6-4-13/h1-11,29H,12H2/b19-8-,26-11+,27-22-. The number of rotatable bonds is 5. The number of carbonyl (C=O) groups excluding carboxylic acids is 1. The van der Waals surface area contributed by atoms with Crippen LogP contribution in [0, 0.1) is 0 Å². The van der Waals surface area contributed by atoms with Crippen LogP contribution in [-0.4, -0.2) is 27.3 Å². The largest absolute Gasteiger partial charge is 0.506 e. The molecule has 1 N–H and O–H groups in total. The summed E-state index contributed by atoms with van der Waals surface area (Å²) in [6.07, 6.45) is 4.76. The molecular formula is C22H14Br2ClN3O3S. The predicted molar refractivity (Wildman–Crippen MR) is 135 cm³/mol. The quantitative estimate of drug-likeness (QED) is 0.203. The van der Waals surface area contributed by atoms with Gasteiger partial charge in [-0.3, -0.25) is 9.69 Å². The molecule has 2 heterocycles. The lowest BCUT2D eigenvalue weighted by atomic mass is 10.2. The molecule has 0 unspecified atom stereocenters. The molecule has 1 fully saturated rings.